The van der Waals surface area contributed by atoms with Gasteiger partial charge in [0.15, 0.2) is 0 Å². The monoisotopic (exact) mass is 440 g/mol. The van der Waals surface area contributed by atoms with Gasteiger partial charge in [-0.25, -0.2) is 9.37 Å². The number of nitriles is 1. The van der Waals surface area contributed by atoms with Crippen LogP contribution in [-0.2, 0) is 4.79 Å². The van der Waals surface area contributed by atoms with Gasteiger partial charge in [-0.05, 0) is 104 Å². The van der Waals surface area contributed by atoms with E-state index >= 15 is 0 Å². The number of rotatable bonds is 4. The van der Waals surface area contributed by atoms with Crippen LogP contribution in [0.1, 0.15) is 55.6 Å². The van der Waals surface area contributed by atoms with Crippen LogP contribution in [-0.4, -0.2) is 15.9 Å². The van der Waals surface area contributed by atoms with Crippen LogP contribution in [0.15, 0.2) is 48.8 Å². The fraction of sp³-hybridized carbons (Fsp3) is 0.407. The Bertz CT molecular complexity index is 1260. The standard InChI is InChI=1S/C27H25FN4O/c28-21-2-3-24-23(13-21)22(5-8-30-24)19-9-17-11-20(12-18(17)10-19)27(6-7-27)26(33)32-25-4-1-16(14-29)15-31-25/h1-5,8,13,15,17-20H,6-7,9-12H2,(H,31,32,33)/t17-,18?,19-,20+/m1/s1. The summed E-state index contributed by atoms with van der Waals surface area (Å²) in [6.45, 7) is 0. The van der Waals surface area contributed by atoms with Crippen molar-refractivity contribution in [3.05, 3.63) is 65.7 Å². The molecular formula is C27H25FN4O. The average molecular weight is 441 g/mol. The van der Waals surface area contributed by atoms with Gasteiger partial charge in [0.2, 0.25) is 5.91 Å². The minimum absolute atomic E-state index is 0.0804. The number of carbonyl (C=O) groups is 1. The van der Waals surface area contributed by atoms with Gasteiger partial charge >= 0.3 is 0 Å². The number of halogens is 1. The molecule has 3 aliphatic rings. The number of hydrogen-bond acceptors (Lipinski definition) is 4. The van der Waals surface area contributed by atoms with Crippen LogP contribution in [0, 0.1) is 40.3 Å². The zero-order valence-corrected chi connectivity index (χ0v) is 18.3. The topological polar surface area (TPSA) is 78.7 Å². The van der Waals surface area contributed by atoms with Crippen LogP contribution in [0.3, 0.4) is 0 Å². The Hall–Kier alpha value is -3.33. The van der Waals surface area contributed by atoms with Crippen LogP contribution in [0.25, 0.3) is 10.9 Å². The fourth-order valence-corrected chi connectivity index (χ4v) is 6.55. The van der Waals surface area contributed by atoms with Crippen molar-refractivity contribution in [1.29, 1.82) is 5.26 Å². The predicted molar refractivity (Wildman–Crippen MR) is 123 cm³/mol. The molecule has 3 fully saturated rings. The summed E-state index contributed by atoms with van der Waals surface area (Å²) < 4.78 is 13.9. The number of fused-ring (bicyclic) bond motifs is 2. The third-order valence-electron chi connectivity index (χ3n) is 8.35. The van der Waals surface area contributed by atoms with Crippen molar-refractivity contribution in [2.75, 3.05) is 5.32 Å². The molecule has 0 saturated heterocycles. The lowest BCUT2D eigenvalue weighted by molar-refractivity contribution is -0.123. The lowest BCUT2D eigenvalue weighted by atomic mass is 9.83. The van der Waals surface area contributed by atoms with Gasteiger partial charge in [-0.15, -0.1) is 0 Å². The van der Waals surface area contributed by atoms with E-state index in [-0.39, 0.29) is 17.1 Å². The number of aromatic nitrogens is 2. The van der Waals surface area contributed by atoms with E-state index in [0.29, 0.717) is 35.1 Å². The Morgan fingerprint density at radius 2 is 1.85 bits per heavy atom. The third-order valence-corrected chi connectivity index (χ3v) is 8.35. The second-order valence-electron chi connectivity index (χ2n) is 10.1. The number of carbonyl (C=O) groups excluding carboxylic acids is 1. The summed E-state index contributed by atoms with van der Waals surface area (Å²) in [6.07, 6.45) is 9.60. The second-order valence-corrected chi connectivity index (χ2v) is 10.1. The highest BCUT2D eigenvalue weighted by molar-refractivity contribution is 5.96. The zero-order chi connectivity index (χ0) is 22.6. The molecule has 1 N–H and O–H groups in total. The van der Waals surface area contributed by atoms with E-state index in [0.717, 1.165) is 49.4 Å². The SMILES string of the molecule is N#Cc1ccc(NC(=O)C2([C@@H]3CC4C[C@H](c5ccnc6ccc(F)cc56)C[C@@H]4C3)CC2)nc1. The third kappa shape index (κ3) is 3.47. The Balaban J connectivity index is 1.15. The molecule has 2 heterocycles. The van der Waals surface area contributed by atoms with Crippen molar-refractivity contribution in [1.82, 2.24) is 9.97 Å². The maximum atomic E-state index is 13.9. The molecule has 6 rings (SSSR count). The first-order valence-electron chi connectivity index (χ1n) is 11.8. The van der Waals surface area contributed by atoms with Crippen molar-refractivity contribution >= 4 is 22.6 Å². The van der Waals surface area contributed by atoms with Gasteiger partial charge in [-0.1, -0.05) is 0 Å². The van der Waals surface area contributed by atoms with Gasteiger partial charge < -0.3 is 5.32 Å². The molecule has 1 amide bonds. The highest BCUT2D eigenvalue weighted by Gasteiger charge is 2.59. The molecule has 3 saturated carbocycles. The minimum atomic E-state index is -0.262. The summed E-state index contributed by atoms with van der Waals surface area (Å²) in [4.78, 5) is 21.8. The van der Waals surface area contributed by atoms with E-state index in [4.69, 9.17) is 5.26 Å². The molecule has 6 heteroatoms. The summed E-state index contributed by atoms with van der Waals surface area (Å²) in [7, 11) is 0. The number of benzene rings is 1. The van der Waals surface area contributed by atoms with E-state index < -0.39 is 0 Å². The van der Waals surface area contributed by atoms with Crippen molar-refractivity contribution in [3.8, 4) is 6.07 Å². The highest BCUT2D eigenvalue weighted by Crippen LogP contribution is 2.63. The molecular weight excluding hydrogens is 415 g/mol. The largest absolute Gasteiger partial charge is 0.310 e. The molecule has 0 spiro atoms. The van der Waals surface area contributed by atoms with Crippen LogP contribution < -0.4 is 5.32 Å². The lowest BCUT2D eigenvalue weighted by Crippen LogP contribution is -2.30. The Kier molecular flexibility index (Phi) is 4.69. The van der Waals surface area contributed by atoms with E-state index in [1.807, 2.05) is 12.3 Å². The summed E-state index contributed by atoms with van der Waals surface area (Å²) in [5.74, 6) is 2.47. The average Bonchev–Trinajstić information content (AvgIpc) is 3.40. The summed E-state index contributed by atoms with van der Waals surface area (Å²) in [6, 6.07) is 12.3. The first-order chi connectivity index (χ1) is 16.1. The van der Waals surface area contributed by atoms with Crippen molar-refractivity contribution in [2.45, 2.75) is 44.4 Å². The van der Waals surface area contributed by atoms with Gasteiger partial charge in [-0.3, -0.25) is 9.78 Å². The maximum absolute atomic E-state index is 13.9. The molecule has 3 aliphatic carbocycles. The molecule has 0 bridgehead atoms. The normalized spacial score (nSPS) is 27.2. The van der Waals surface area contributed by atoms with Crippen LogP contribution in [0.2, 0.25) is 0 Å². The van der Waals surface area contributed by atoms with Gasteiger partial charge in [0, 0.05) is 17.8 Å². The number of pyridine rings is 2. The molecule has 0 aliphatic heterocycles. The van der Waals surface area contributed by atoms with Gasteiger partial charge in [0.25, 0.3) is 0 Å². The summed E-state index contributed by atoms with van der Waals surface area (Å²) in [5.41, 5.74) is 2.30. The van der Waals surface area contributed by atoms with Gasteiger partial charge in [-0.2, -0.15) is 5.26 Å². The molecule has 0 radical (unpaired) electrons. The van der Waals surface area contributed by atoms with Crippen molar-refractivity contribution in [3.63, 3.8) is 0 Å². The Morgan fingerprint density at radius 1 is 1.06 bits per heavy atom. The summed E-state index contributed by atoms with van der Waals surface area (Å²) in [5, 5.41) is 12.9. The van der Waals surface area contributed by atoms with E-state index in [2.05, 4.69) is 21.4 Å². The van der Waals surface area contributed by atoms with Gasteiger partial charge in [0.05, 0.1) is 16.5 Å². The second kappa shape index (κ2) is 7.62. The van der Waals surface area contributed by atoms with Crippen molar-refractivity contribution < 1.29 is 9.18 Å². The predicted octanol–water partition coefficient (Wildman–Crippen LogP) is 5.58. The maximum Gasteiger partial charge on any atom is 0.232 e. The molecule has 33 heavy (non-hydrogen) atoms. The zero-order valence-electron chi connectivity index (χ0n) is 18.3. The Labute approximate surface area is 192 Å². The summed E-state index contributed by atoms with van der Waals surface area (Å²) >= 11 is 0. The first kappa shape index (κ1) is 20.3. The number of nitrogens with one attached hydrogen (secondary N) is 1. The van der Waals surface area contributed by atoms with E-state index in [9.17, 15) is 9.18 Å². The number of nitrogens with zero attached hydrogens (tertiary/aromatic N) is 3. The van der Waals surface area contributed by atoms with E-state index in [1.54, 1.807) is 24.3 Å². The van der Waals surface area contributed by atoms with Crippen LogP contribution in [0.5, 0.6) is 0 Å². The van der Waals surface area contributed by atoms with Crippen LogP contribution in [0.4, 0.5) is 10.2 Å². The first-order valence-corrected chi connectivity index (χ1v) is 11.8. The van der Waals surface area contributed by atoms with Crippen molar-refractivity contribution in [2.24, 2.45) is 23.2 Å². The molecule has 3 aromatic rings. The highest BCUT2D eigenvalue weighted by atomic mass is 19.1. The quantitative estimate of drug-likeness (QED) is 0.574. The smallest absolute Gasteiger partial charge is 0.232 e. The molecule has 166 valence electrons. The van der Waals surface area contributed by atoms with Gasteiger partial charge in [0.1, 0.15) is 17.7 Å². The van der Waals surface area contributed by atoms with E-state index in [1.165, 1.54) is 17.8 Å². The van der Waals surface area contributed by atoms with Crippen LogP contribution >= 0.6 is 0 Å². The molecule has 4 atom stereocenters. The lowest BCUT2D eigenvalue weighted by Gasteiger charge is -2.24. The number of hydrogen-bond donors (Lipinski definition) is 1. The number of anilines is 1. The fourth-order valence-electron chi connectivity index (χ4n) is 6.55. The molecule has 1 unspecified atom stereocenters. The Morgan fingerprint density at radius 3 is 2.52 bits per heavy atom. The molecule has 2 aromatic heterocycles. The minimum Gasteiger partial charge on any atom is -0.310 e. The number of amides is 1. The molecule has 1 aromatic carbocycles. The molecule has 5 nitrogen and oxygen atoms in total.